The predicted molar refractivity (Wildman–Crippen MR) is 71.5 cm³/mol. The molecule has 1 aromatic rings. The van der Waals surface area contributed by atoms with Crippen LogP contribution in [0.5, 0.6) is 0 Å². The molecule has 0 atom stereocenters. The number of carbonyl (C=O) groups excluding carboxylic acids is 1. The van der Waals surface area contributed by atoms with Gasteiger partial charge in [0.1, 0.15) is 6.54 Å². The topological polar surface area (TPSA) is 60.9 Å². The van der Waals surface area contributed by atoms with Gasteiger partial charge in [0.05, 0.1) is 6.54 Å². The minimum absolute atomic E-state index is 0.285. The van der Waals surface area contributed by atoms with Gasteiger partial charge in [0, 0.05) is 28.7 Å². The van der Waals surface area contributed by atoms with Crippen LogP contribution in [0.15, 0.2) is 18.2 Å². The molecule has 1 aliphatic rings. The maximum atomic E-state index is 12.0. The number of nitrogens with zero attached hydrogens (tertiary/aromatic N) is 2. The third-order valence-corrected chi connectivity index (χ3v) is 3.63. The Morgan fingerprint density at radius 1 is 1.21 bits per heavy atom. The first-order chi connectivity index (χ1) is 8.99. The van der Waals surface area contributed by atoms with Gasteiger partial charge >= 0.3 is 12.0 Å². The summed E-state index contributed by atoms with van der Waals surface area (Å²) in [4.78, 5) is 25.4. The molecule has 0 radical (unpaired) electrons. The molecule has 0 aliphatic carbocycles. The van der Waals surface area contributed by atoms with E-state index >= 15 is 0 Å². The number of rotatable bonds is 4. The van der Waals surface area contributed by atoms with Crippen LogP contribution in [0.25, 0.3) is 0 Å². The molecule has 102 valence electrons. The lowest BCUT2D eigenvalue weighted by Crippen LogP contribution is -2.35. The van der Waals surface area contributed by atoms with Gasteiger partial charge in [0.25, 0.3) is 0 Å². The van der Waals surface area contributed by atoms with Crippen LogP contribution in [0.4, 0.5) is 4.79 Å². The molecule has 7 heteroatoms. The van der Waals surface area contributed by atoms with E-state index in [-0.39, 0.29) is 19.1 Å². The summed E-state index contributed by atoms with van der Waals surface area (Å²) in [5.74, 6) is -1.02. The van der Waals surface area contributed by atoms with E-state index in [2.05, 4.69) is 0 Å². The van der Waals surface area contributed by atoms with Gasteiger partial charge < -0.3 is 14.9 Å². The number of hydrogen-bond donors (Lipinski definition) is 1. The van der Waals surface area contributed by atoms with Crippen LogP contribution >= 0.6 is 23.2 Å². The summed E-state index contributed by atoms with van der Waals surface area (Å²) in [6.07, 6.45) is 0. The second kappa shape index (κ2) is 5.67. The van der Waals surface area contributed by atoms with Gasteiger partial charge in [-0.05, 0) is 12.1 Å². The minimum atomic E-state index is -1.02. The summed E-state index contributed by atoms with van der Waals surface area (Å²) >= 11 is 12.1. The number of carbonyl (C=O) groups is 2. The highest BCUT2D eigenvalue weighted by molar-refractivity contribution is 6.36. The maximum Gasteiger partial charge on any atom is 0.323 e. The molecule has 5 nitrogen and oxygen atoms in total. The number of amides is 2. The third-order valence-electron chi connectivity index (χ3n) is 2.92. The SMILES string of the molecule is O=C(O)CN1CCN(Cc2c(Cl)cccc2Cl)C1=O. The van der Waals surface area contributed by atoms with E-state index in [0.717, 1.165) is 0 Å². The molecule has 0 unspecified atom stereocenters. The summed E-state index contributed by atoms with van der Waals surface area (Å²) in [6, 6.07) is 4.84. The van der Waals surface area contributed by atoms with Gasteiger partial charge in [-0.15, -0.1) is 0 Å². The van der Waals surface area contributed by atoms with E-state index < -0.39 is 5.97 Å². The normalized spacial score (nSPS) is 15.2. The summed E-state index contributed by atoms with van der Waals surface area (Å²) in [5, 5.41) is 9.70. The van der Waals surface area contributed by atoms with E-state index in [0.29, 0.717) is 28.7 Å². The molecule has 19 heavy (non-hydrogen) atoms. The van der Waals surface area contributed by atoms with Gasteiger partial charge in [-0.3, -0.25) is 4.79 Å². The van der Waals surface area contributed by atoms with Gasteiger partial charge in [-0.25, -0.2) is 4.79 Å². The van der Waals surface area contributed by atoms with Gasteiger partial charge in [-0.1, -0.05) is 29.3 Å². The van der Waals surface area contributed by atoms with Crippen molar-refractivity contribution in [2.75, 3.05) is 19.6 Å². The molecule has 0 aromatic heterocycles. The number of urea groups is 1. The standard InChI is InChI=1S/C12H12Cl2N2O3/c13-9-2-1-3-10(14)8(9)6-15-4-5-16(12(15)19)7-11(17)18/h1-3H,4-7H2,(H,17,18). The third kappa shape index (κ3) is 3.11. The molecule has 0 spiro atoms. The number of carboxylic acids is 1. The molecular weight excluding hydrogens is 291 g/mol. The Morgan fingerprint density at radius 2 is 1.79 bits per heavy atom. The van der Waals surface area contributed by atoms with Crippen LogP contribution in [0.2, 0.25) is 10.0 Å². The number of aliphatic carboxylic acids is 1. The molecule has 1 saturated heterocycles. The molecule has 2 rings (SSSR count). The van der Waals surface area contributed by atoms with Gasteiger partial charge in [0.2, 0.25) is 0 Å². The summed E-state index contributed by atoms with van der Waals surface area (Å²) in [5.41, 5.74) is 0.677. The highest BCUT2D eigenvalue weighted by Gasteiger charge is 2.30. The summed E-state index contributed by atoms with van der Waals surface area (Å²) < 4.78 is 0. The fourth-order valence-corrected chi connectivity index (χ4v) is 2.48. The number of hydrogen-bond acceptors (Lipinski definition) is 2. The second-order valence-electron chi connectivity index (χ2n) is 4.22. The molecule has 1 heterocycles. The van der Waals surface area contributed by atoms with E-state index in [1.165, 1.54) is 9.80 Å². The Bertz CT molecular complexity index is 501. The van der Waals surface area contributed by atoms with E-state index in [4.69, 9.17) is 28.3 Å². The Kier molecular flexibility index (Phi) is 4.17. The van der Waals surface area contributed by atoms with E-state index in [1.807, 2.05) is 0 Å². The average molecular weight is 303 g/mol. The molecular formula is C12H12Cl2N2O3. The van der Waals surface area contributed by atoms with Gasteiger partial charge in [-0.2, -0.15) is 0 Å². The molecule has 1 fully saturated rings. The smallest absolute Gasteiger partial charge is 0.323 e. The first-order valence-corrected chi connectivity index (χ1v) is 6.43. The van der Waals surface area contributed by atoms with Crippen LogP contribution < -0.4 is 0 Å². The first-order valence-electron chi connectivity index (χ1n) is 5.67. The van der Waals surface area contributed by atoms with Crippen molar-refractivity contribution in [3.63, 3.8) is 0 Å². The Labute approximate surface area is 120 Å². The van der Waals surface area contributed by atoms with Crippen LogP contribution in [0.1, 0.15) is 5.56 Å². The van der Waals surface area contributed by atoms with Crippen LogP contribution in [-0.2, 0) is 11.3 Å². The van der Waals surface area contributed by atoms with Crippen molar-refractivity contribution in [2.24, 2.45) is 0 Å². The zero-order chi connectivity index (χ0) is 14.0. The quantitative estimate of drug-likeness (QED) is 0.928. The number of halogens is 2. The predicted octanol–water partition coefficient (Wildman–Crippen LogP) is 2.32. The molecule has 2 amide bonds. The first kappa shape index (κ1) is 14.0. The van der Waals surface area contributed by atoms with Crippen molar-refractivity contribution in [3.8, 4) is 0 Å². The Hall–Kier alpha value is -1.46. The van der Waals surface area contributed by atoms with Crippen LogP contribution in [0, 0.1) is 0 Å². The fraction of sp³-hybridized carbons (Fsp3) is 0.333. The average Bonchev–Trinajstić information content (AvgIpc) is 2.66. The maximum absolute atomic E-state index is 12.0. The van der Waals surface area contributed by atoms with E-state index in [9.17, 15) is 9.59 Å². The highest BCUT2D eigenvalue weighted by Crippen LogP contribution is 2.26. The number of benzene rings is 1. The number of carboxylic acid groups (broad SMARTS) is 1. The van der Waals surface area contributed by atoms with Crippen molar-refractivity contribution in [1.82, 2.24) is 9.80 Å². The van der Waals surface area contributed by atoms with Crippen molar-refractivity contribution < 1.29 is 14.7 Å². The lowest BCUT2D eigenvalue weighted by molar-refractivity contribution is -0.137. The zero-order valence-electron chi connectivity index (χ0n) is 9.97. The Morgan fingerprint density at radius 3 is 2.37 bits per heavy atom. The summed E-state index contributed by atoms with van der Waals surface area (Å²) in [6.45, 7) is 0.861. The lowest BCUT2D eigenvalue weighted by atomic mass is 10.2. The van der Waals surface area contributed by atoms with Gasteiger partial charge in [0.15, 0.2) is 0 Å². The monoisotopic (exact) mass is 302 g/mol. The van der Waals surface area contributed by atoms with Crippen LogP contribution in [0.3, 0.4) is 0 Å². The van der Waals surface area contributed by atoms with Crippen molar-refractivity contribution in [1.29, 1.82) is 0 Å². The second-order valence-corrected chi connectivity index (χ2v) is 5.03. The molecule has 1 N–H and O–H groups in total. The minimum Gasteiger partial charge on any atom is -0.480 e. The lowest BCUT2D eigenvalue weighted by Gasteiger charge is -2.18. The molecule has 0 saturated carbocycles. The fourth-order valence-electron chi connectivity index (χ4n) is 1.96. The summed E-state index contributed by atoms with van der Waals surface area (Å²) in [7, 11) is 0. The Balaban J connectivity index is 2.09. The van der Waals surface area contributed by atoms with Crippen molar-refractivity contribution in [3.05, 3.63) is 33.8 Å². The van der Waals surface area contributed by atoms with Crippen molar-refractivity contribution >= 4 is 35.2 Å². The molecule has 1 aliphatic heterocycles. The van der Waals surface area contributed by atoms with Crippen molar-refractivity contribution in [2.45, 2.75) is 6.54 Å². The van der Waals surface area contributed by atoms with E-state index in [1.54, 1.807) is 18.2 Å². The zero-order valence-corrected chi connectivity index (χ0v) is 11.5. The molecule has 0 bridgehead atoms. The van der Waals surface area contributed by atoms with Crippen LogP contribution in [-0.4, -0.2) is 46.5 Å². The molecule has 1 aromatic carbocycles. The largest absolute Gasteiger partial charge is 0.480 e. The highest BCUT2D eigenvalue weighted by atomic mass is 35.5.